The number of nitrogens with zero attached hydrogens (tertiary/aromatic N) is 1. The number of imide groups is 1. The number of urea groups is 1. The summed E-state index contributed by atoms with van der Waals surface area (Å²) >= 11 is 0. The summed E-state index contributed by atoms with van der Waals surface area (Å²) < 4.78 is 10.4. The molecule has 6 heteroatoms. The van der Waals surface area contributed by atoms with E-state index in [1.807, 2.05) is 13.8 Å². The van der Waals surface area contributed by atoms with Crippen LogP contribution in [0, 0.1) is 0 Å². The van der Waals surface area contributed by atoms with Gasteiger partial charge in [-0.15, -0.1) is 0 Å². The zero-order valence-corrected chi connectivity index (χ0v) is 12.0. The molecule has 19 heavy (non-hydrogen) atoms. The molecule has 6 nitrogen and oxygen atoms in total. The molecule has 0 aromatic carbocycles. The normalized spacial score (nSPS) is 17.9. The van der Waals surface area contributed by atoms with Crippen LogP contribution in [0.2, 0.25) is 0 Å². The van der Waals surface area contributed by atoms with Crippen LogP contribution in [0.25, 0.3) is 0 Å². The Hall–Kier alpha value is -1.14. The van der Waals surface area contributed by atoms with E-state index >= 15 is 0 Å². The summed E-state index contributed by atoms with van der Waals surface area (Å²) in [5.41, 5.74) is -0.701. The lowest BCUT2D eigenvalue weighted by Crippen LogP contribution is -2.49. The molecule has 0 aromatic rings. The van der Waals surface area contributed by atoms with Crippen LogP contribution in [0.3, 0.4) is 0 Å². The van der Waals surface area contributed by atoms with Gasteiger partial charge < -0.3 is 14.4 Å². The minimum atomic E-state index is -0.701. The Kier molecular flexibility index (Phi) is 6.24. The summed E-state index contributed by atoms with van der Waals surface area (Å²) in [6.07, 6.45) is 2.06. The summed E-state index contributed by atoms with van der Waals surface area (Å²) in [5.74, 6) is -0.193. The lowest BCUT2D eigenvalue weighted by molar-refractivity contribution is -0.127. The molecule has 1 N–H and O–H groups in total. The van der Waals surface area contributed by atoms with Crippen molar-refractivity contribution in [2.45, 2.75) is 38.6 Å². The van der Waals surface area contributed by atoms with Gasteiger partial charge in [-0.25, -0.2) is 4.79 Å². The molecular formula is C13H24N2O4. The van der Waals surface area contributed by atoms with Gasteiger partial charge in [-0.2, -0.15) is 0 Å². The predicted molar refractivity (Wildman–Crippen MR) is 70.9 cm³/mol. The number of hydrogen-bond acceptors (Lipinski definition) is 4. The molecule has 0 saturated carbocycles. The number of nitrogens with one attached hydrogen (secondary N) is 1. The molecule has 0 atom stereocenters. The van der Waals surface area contributed by atoms with Crippen LogP contribution in [0.5, 0.6) is 0 Å². The Bertz CT molecular complexity index is 316. The summed E-state index contributed by atoms with van der Waals surface area (Å²) in [6, 6.07) is -0.311. The van der Waals surface area contributed by atoms with Crippen molar-refractivity contribution >= 4 is 11.9 Å². The van der Waals surface area contributed by atoms with Gasteiger partial charge in [-0.3, -0.25) is 10.1 Å². The van der Waals surface area contributed by atoms with Gasteiger partial charge in [0.25, 0.3) is 5.91 Å². The molecule has 110 valence electrons. The Balaban J connectivity index is 2.46. The van der Waals surface area contributed by atoms with E-state index in [1.54, 1.807) is 12.0 Å². The summed E-state index contributed by atoms with van der Waals surface area (Å²) in [5, 5.41) is 2.39. The van der Waals surface area contributed by atoms with E-state index in [1.165, 1.54) is 0 Å². The first-order valence-corrected chi connectivity index (χ1v) is 6.82. The molecule has 0 aromatic heterocycles. The summed E-state index contributed by atoms with van der Waals surface area (Å²) in [7, 11) is 1.65. The molecule has 1 aliphatic rings. The highest BCUT2D eigenvalue weighted by molar-refractivity contribution is 6.06. The first-order chi connectivity index (χ1) is 9.12. The van der Waals surface area contributed by atoms with Gasteiger partial charge in [0.1, 0.15) is 5.54 Å². The Labute approximate surface area is 114 Å². The number of rotatable bonds is 9. The Morgan fingerprint density at radius 3 is 2.42 bits per heavy atom. The molecule has 1 fully saturated rings. The third-order valence-electron chi connectivity index (χ3n) is 3.67. The quantitative estimate of drug-likeness (QED) is 0.505. The molecule has 1 rings (SSSR count). The fourth-order valence-corrected chi connectivity index (χ4v) is 2.43. The molecule has 0 bridgehead atoms. The van der Waals surface area contributed by atoms with Gasteiger partial charge in [-0.1, -0.05) is 13.8 Å². The van der Waals surface area contributed by atoms with Crippen LogP contribution in [0.1, 0.15) is 33.1 Å². The van der Waals surface area contributed by atoms with Crippen molar-refractivity contribution < 1.29 is 19.1 Å². The zero-order chi connectivity index (χ0) is 14.3. The second-order valence-electron chi connectivity index (χ2n) is 4.61. The minimum absolute atomic E-state index is 0.193. The molecule has 0 unspecified atom stereocenters. The van der Waals surface area contributed by atoms with Crippen LogP contribution in [0.15, 0.2) is 0 Å². The second-order valence-corrected chi connectivity index (χ2v) is 4.61. The fourth-order valence-electron chi connectivity index (χ4n) is 2.43. The third-order valence-corrected chi connectivity index (χ3v) is 3.67. The fraction of sp³-hybridized carbons (Fsp3) is 0.846. The van der Waals surface area contributed by atoms with Gasteiger partial charge in [0.15, 0.2) is 0 Å². The Morgan fingerprint density at radius 2 is 1.84 bits per heavy atom. The average molecular weight is 272 g/mol. The van der Waals surface area contributed by atoms with Crippen molar-refractivity contribution in [2.75, 3.05) is 33.5 Å². The standard InChI is InChI=1S/C13H24N2O4/c1-4-13(5-2)11(16)14-12(17)15(13)7-10-19-9-6-8-18-3/h4-10H2,1-3H3,(H,14,16,17). The summed E-state index contributed by atoms with van der Waals surface area (Å²) in [4.78, 5) is 25.3. The molecular weight excluding hydrogens is 248 g/mol. The van der Waals surface area contributed by atoms with Crippen molar-refractivity contribution in [1.82, 2.24) is 10.2 Å². The number of ether oxygens (including phenoxy) is 2. The van der Waals surface area contributed by atoms with Crippen molar-refractivity contribution in [2.24, 2.45) is 0 Å². The molecule has 1 aliphatic heterocycles. The first-order valence-electron chi connectivity index (χ1n) is 6.82. The van der Waals surface area contributed by atoms with E-state index in [4.69, 9.17) is 9.47 Å². The lowest BCUT2D eigenvalue weighted by atomic mass is 9.91. The zero-order valence-electron chi connectivity index (χ0n) is 12.0. The van der Waals surface area contributed by atoms with Crippen LogP contribution >= 0.6 is 0 Å². The maximum atomic E-state index is 11.9. The minimum Gasteiger partial charge on any atom is -0.385 e. The number of amides is 3. The number of carbonyl (C=O) groups excluding carboxylic acids is 2. The largest absolute Gasteiger partial charge is 0.385 e. The van der Waals surface area contributed by atoms with Crippen molar-refractivity contribution in [3.05, 3.63) is 0 Å². The van der Waals surface area contributed by atoms with Crippen molar-refractivity contribution in [3.63, 3.8) is 0 Å². The molecule has 0 aliphatic carbocycles. The Morgan fingerprint density at radius 1 is 1.16 bits per heavy atom. The smallest absolute Gasteiger partial charge is 0.325 e. The van der Waals surface area contributed by atoms with Gasteiger partial charge in [-0.05, 0) is 19.3 Å². The summed E-state index contributed by atoms with van der Waals surface area (Å²) in [6.45, 7) is 5.99. The first kappa shape index (κ1) is 15.9. The van der Waals surface area contributed by atoms with Gasteiger partial charge in [0, 0.05) is 26.9 Å². The third kappa shape index (κ3) is 3.45. The molecule has 0 radical (unpaired) electrons. The van der Waals surface area contributed by atoms with E-state index in [9.17, 15) is 9.59 Å². The highest BCUT2D eigenvalue weighted by Gasteiger charge is 2.49. The maximum absolute atomic E-state index is 11.9. The van der Waals surface area contributed by atoms with Crippen LogP contribution < -0.4 is 5.32 Å². The highest BCUT2D eigenvalue weighted by Crippen LogP contribution is 2.28. The SMILES string of the molecule is CCC1(CC)C(=O)NC(=O)N1CCOCCCOC. The predicted octanol–water partition coefficient (Wildman–Crippen LogP) is 1.15. The van der Waals surface area contributed by atoms with E-state index < -0.39 is 5.54 Å². The van der Waals surface area contributed by atoms with Crippen LogP contribution in [-0.2, 0) is 14.3 Å². The van der Waals surface area contributed by atoms with Crippen molar-refractivity contribution in [3.8, 4) is 0 Å². The maximum Gasteiger partial charge on any atom is 0.325 e. The second kappa shape index (κ2) is 7.45. The van der Waals surface area contributed by atoms with Gasteiger partial charge in [0.05, 0.1) is 6.61 Å². The van der Waals surface area contributed by atoms with Gasteiger partial charge >= 0.3 is 6.03 Å². The number of methoxy groups -OCH3 is 1. The van der Waals surface area contributed by atoms with Crippen LogP contribution in [0.4, 0.5) is 4.79 Å². The highest BCUT2D eigenvalue weighted by atomic mass is 16.5. The van der Waals surface area contributed by atoms with E-state index in [2.05, 4.69) is 5.32 Å². The lowest BCUT2D eigenvalue weighted by Gasteiger charge is -2.33. The number of carbonyl (C=O) groups is 2. The number of hydrogen-bond donors (Lipinski definition) is 1. The average Bonchev–Trinajstić information content (AvgIpc) is 2.65. The van der Waals surface area contributed by atoms with E-state index in [-0.39, 0.29) is 11.9 Å². The molecule has 0 spiro atoms. The monoisotopic (exact) mass is 272 g/mol. The molecule has 3 amide bonds. The van der Waals surface area contributed by atoms with E-state index in [0.717, 1.165) is 6.42 Å². The van der Waals surface area contributed by atoms with E-state index in [0.29, 0.717) is 39.2 Å². The molecule has 1 heterocycles. The molecule has 1 saturated heterocycles. The van der Waals surface area contributed by atoms with Crippen molar-refractivity contribution in [1.29, 1.82) is 0 Å². The van der Waals surface area contributed by atoms with Crippen LogP contribution in [-0.4, -0.2) is 55.9 Å². The van der Waals surface area contributed by atoms with Gasteiger partial charge in [0.2, 0.25) is 0 Å². The topological polar surface area (TPSA) is 67.9 Å².